The number of hydrogen-bond donors (Lipinski definition) is 0. The van der Waals surface area contributed by atoms with Crippen LogP contribution in [-0.4, -0.2) is 17.6 Å². The smallest absolute Gasteiger partial charge is 0.339 e. The van der Waals surface area contributed by atoms with Crippen LogP contribution in [0, 0.1) is 6.92 Å². The second-order valence-electron chi connectivity index (χ2n) is 2.58. The van der Waals surface area contributed by atoms with Crippen LogP contribution in [0.4, 0.5) is 0 Å². The van der Waals surface area contributed by atoms with E-state index in [0.717, 1.165) is 12.8 Å². The Morgan fingerprint density at radius 1 is 1.62 bits per heavy atom. The first-order chi connectivity index (χ1) is 6.34. The lowest BCUT2D eigenvalue weighted by Crippen LogP contribution is -2.06. The highest BCUT2D eigenvalue weighted by atomic mass is 16.5. The van der Waals surface area contributed by atoms with Crippen LogP contribution in [0.1, 0.15) is 23.2 Å². The molecule has 3 nitrogen and oxygen atoms in total. The summed E-state index contributed by atoms with van der Waals surface area (Å²) in [4.78, 5) is 15.1. The van der Waals surface area contributed by atoms with Gasteiger partial charge in [-0.25, -0.2) is 4.79 Å². The number of pyridine rings is 1. The van der Waals surface area contributed by atoms with Crippen LogP contribution in [0.25, 0.3) is 0 Å². The SMILES string of the molecule is [CH2]CCCOC(=O)c1cccnc1. The number of nitrogens with zero attached hydrogens (tertiary/aromatic N) is 1. The fraction of sp³-hybridized carbons (Fsp3) is 0.300. The summed E-state index contributed by atoms with van der Waals surface area (Å²) < 4.78 is 4.95. The molecular weight excluding hydrogens is 166 g/mol. The van der Waals surface area contributed by atoms with Gasteiger partial charge in [-0.05, 0) is 18.6 Å². The molecule has 0 aliphatic heterocycles. The van der Waals surface area contributed by atoms with E-state index < -0.39 is 0 Å². The highest BCUT2D eigenvalue weighted by Gasteiger charge is 2.04. The topological polar surface area (TPSA) is 39.2 Å². The molecule has 3 heteroatoms. The summed E-state index contributed by atoms with van der Waals surface area (Å²) in [7, 11) is 0. The van der Waals surface area contributed by atoms with E-state index in [1.165, 1.54) is 6.20 Å². The van der Waals surface area contributed by atoms with E-state index in [9.17, 15) is 4.79 Å². The van der Waals surface area contributed by atoms with Gasteiger partial charge in [0, 0.05) is 12.4 Å². The number of carbonyl (C=O) groups is 1. The third-order valence-electron chi connectivity index (χ3n) is 1.52. The molecule has 0 aliphatic rings. The second kappa shape index (κ2) is 5.30. The van der Waals surface area contributed by atoms with E-state index >= 15 is 0 Å². The van der Waals surface area contributed by atoms with Crippen molar-refractivity contribution in [3.63, 3.8) is 0 Å². The first kappa shape index (κ1) is 9.71. The van der Waals surface area contributed by atoms with Crippen LogP contribution < -0.4 is 0 Å². The van der Waals surface area contributed by atoms with Crippen LogP contribution in [0.15, 0.2) is 24.5 Å². The molecular formula is C10H12NO2. The first-order valence-corrected chi connectivity index (χ1v) is 4.21. The van der Waals surface area contributed by atoms with Crippen molar-refractivity contribution in [2.24, 2.45) is 0 Å². The van der Waals surface area contributed by atoms with Gasteiger partial charge in [0.2, 0.25) is 0 Å². The number of carbonyl (C=O) groups excluding carboxylic acids is 1. The molecule has 0 N–H and O–H groups in total. The molecule has 0 saturated carbocycles. The lowest BCUT2D eigenvalue weighted by Gasteiger charge is -2.02. The third-order valence-corrected chi connectivity index (χ3v) is 1.52. The fourth-order valence-electron chi connectivity index (χ4n) is 0.834. The normalized spacial score (nSPS) is 9.62. The maximum Gasteiger partial charge on any atom is 0.339 e. The minimum absolute atomic E-state index is 0.318. The molecule has 0 aromatic carbocycles. The molecule has 0 aliphatic carbocycles. The molecule has 0 unspecified atom stereocenters. The van der Waals surface area contributed by atoms with Gasteiger partial charge < -0.3 is 4.74 Å². The molecule has 0 atom stereocenters. The van der Waals surface area contributed by atoms with E-state index in [4.69, 9.17) is 4.74 Å². The molecule has 0 saturated heterocycles. The molecule has 0 fully saturated rings. The largest absolute Gasteiger partial charge is 0.462 e. The van der Waals surface area contributed by atoms with Gasteiger partial charge in [0.15, 0.2) is 0 Å². The van der Waals surface area contributed by atoms with Crippen molar-refractivity contribution < 1.29 is 9.53 Å². The summed E-state index contributed by atoms with van der Waals surface area (Å²) in [6, 6.07) is 3.39. The Morgan fingerprint density at radius 3 is 3.08 bits per heavy atom. The zero-order valence-electron chi connectivity index (χ0n) is 7.40. The van der Waals surface area contributed by atoms with Crippen LogP contribution in [0.5, 0.6) is 0 Å². The van der Waals surface area contributed by atoms with Gasteiger partial charge >= 0.3 is 5.97 Å². The van der Waals surface area contributed by atoms with Crippen LogP contribution >= 0.6 is 0 Å². The lowest BCUT2D eigenvalue weighted by atomic mass is 10.3. The number of rotatable bonds is 4. The average molecular weight is 178 g/mol. The summed E-state index contributed by atoms with van der Waals surface area (Å²) in [5.41, 5.74) is 0.492. The van der Waals surface area contributed by atoms with Crippen LogP contribution in [0.2, 0.25) is 0 Å². The van der Waals surface area contributed by atoms with Gasteiger partial charge in [0.25, 0.3) is 0 Å². The van der Waals surface area contributed by atoms with E-state index in [2.05, 4.69) is 11.9 Å². The maximum atomic E-state index is 11.2. The maximum absolute atomic E-state index is 11.2. The summed E-state index contributed by atoms with van der Waals surface area (Å²) in [6.07, 6.45) is 4.69. The van der Waals surface area contributed by atoms with Gasteiger partial charge in [-0.3, -0.25) is 4.98 Å². The summed E-state index contributed by atoms with van der Waals surface area (Å²) in [5, 5.41) is 0. The zero-order chi connectivity index (χ0) is 9.52. The van der Waals surface area contributed by atoms with Crippen LogP contribution in [0.3, 0.4) is 0 Å². The Bertz CT molecular complexity index is 259. The molecule has 13 heavy (non-hydrogen) atoms. The average Bonchev–Trinajstić information content (AvgIpc) is 2.19. The minimum atomic E-state index is -0.318. The summed E-state index contributed by atoms with van der Waals surface area (Å²) in [6.45, 7) is 4.08. The Morgan fingerprint density at radius 2 is 2.46 bits per heavy atom. The van der Waals surface area contributed by atoms with E-state index in [1.54, 1.807) is 18.3 Å². The molecule has 0 amide bonds. The first-order valence-electron chi connectivity index (χ1n) is 4.21. The van der Waals surface area contributed by atoms with Crippen molar-refractivity contribution in [3.05, 3.63) is 37.0 Å². The zero-order valence-corrected chi connectivity index (χ0v) is 7.40. The lowest BCUT2D eigenvalue weighted by molar-refractivity contribution is 0.0501. The van der Waals surface area contributed by atoms with Gasteiger partial charge in [0.1, 0.15) is 0 Å². The van der Waals surface area contributed by atoms with Gasteiger partial charge in [-0.1, -0.05) is 13.3 Å². The summed E-state index contributed by atoms with van der Waals surface area (Å²) >= 11 is 0. The Labute approximate surface area is 77.8 Å². The highest BCUT2D eigenvalue weighted by Crippen LogP contribution is 1.99. The van der Waals surface area contributed by atoms with Crippen molar-refractivity contribution in [1.29, 1.82) is 0 Å². The molecule has 0 bridgehead atoms. The summed E-state index contributed by atoms with van der Waals surface area (Å²) in [5.74, 6) is -0.318. The van der Waals surface area contributed by atoms with E-state index in [0.29, 0.717) is 12.2 Å². The van der Waals surface area contributed by atoms with Gasteiger partial charge in [-0.2, -0.15) is 0 Å². The van der Waals surface area contributed by atoms with E-state index in [-0.39, 0.29) is 5.97 Å². The van der Waals surface area contributed by atoms with Crippen molar-refractivity contribution in [3.8, 4) is 0 Å². The molecule has 0 spiro atoms. The number of hydrogen-bond acceptors (Lipinski definition) is 3. The molecule has 69 valence electrons. The third kappa shape index (κ3) is 3.23. The molecule has 1 heterocycles. The molecule has 1 rings (SSSR count). The van der Waals surface area contributed by atoms with Gasteiger partial charge in [-0.15, -0.1) is 0 Å². The molecule has 1 radical (unpaired) electrons. The van der Waals surface area contributed by atoms with Crippen molar-refractivity contribution in [1.82, 2.24) is 4.98 Å². The number of aromatic nitrogens is 1. The molecule has 1 aromatic rings. The predicted octanol–water partition coefficient (Wildman–Crippen LogP) is 1.85. The Hall–Kier alpha value is -1.38. The van der Waals surface area contributed by atoms with Crippen LogP contribution in [-0.2, 0) is 4.74 Å². The van der Waals surface area contributed by atoms with Gasteiger partial charge in [0.05, 0.1) is 12.2 Å². The van der Waals surface area contributed by atoms with E-state index in [1.807, 2.05) is 0 Å². The highest BCUT2D eigenvalue weighted by molar-refractivity contribution is 5.88. The predicted molar refractivity (Wildman–Crippen MR) is 49.1 cm³/mol. The van der Waals surface area contributed by atoms with Crippen molar-refractivity contribution in [2.75, 3.05) is 6.61 Å². The van der Waals surface area contributed by atoms with Crippen molar-refractivity contribution >= 4 is 5.97 Å². The monoisotopic (exact) mass is 178 g/mol. The number of ether oxygens (including phenoxy) is 1. The minimum Gasteiger partial charge on any atom is -0.462 e. The number of unbranched alkanes of at least 4 members (excludes halogenated alkanes) is 1. The second-order valence-corrected chi connectivity index (χ2v) is 2.58. The Balaban J connectivity index is 2.40. The number of esters is 1. The fourth-order valence-corrected chi connectivity index (χ4v) is 0.834. The Kier molecular flexibility index (Phi) is 3.96. The standard InChI is InChI=1S/C10H12NO2/c1-2-3-7-13-10(12)9-5-4-6-11-8-9/h4-6,8H,1-3,7H2. The molecule has 1 aromatic heterocycles. The quantitative estimate of drug-likeness (QED) is 0.521. The van der Waals surface area contributed by atoms with Crippen molar-refractivity contribution in [2.45, 2.75) is 12.8 Å².